The van der Waals surface area contributed by atoms with Crippen molar-refractivity contribution < 1.29 is 5.11 Å². The second-order valence-corrected chi connectivity index (χ2v) is 4.61. The number of hydrogen-bond acceptors (Lipinski definition) is 3. The number of aliphatic hydroxyl groups is 1. The third kappa shape index (κ3) is 2.50. The zero-order valence-corrected chi connectivity index (χ0v) is 9.59. The van der Waals surface area contributed by atoms with Crippen LogP contribution in [0.2, 0.25) is 0 Å². The standard InChI is InChI=1S/C12H18N2O2/c1-9-7-12(16)14(8-13-9)6-5-10-3-2-4-11(10)15/h7-8,10-11,15H,2-6H2,1H3. The number of rotatable bonds is 3. The van der Waals surface area contributed by atoms with Gasteiger partial charge in [0.25, 0.3) is 5.56 Å². The first-order valence-corrected chi connectivity index (χ1v) is 5.88. The van der Waals surface area contributed by atoms with Crippen LogP contribution in [0.1, 0.15) is 31.4 Å². The molecule has 0 aromatic carbocycles. The summed E-state index contributed by atoms with van der Waals surface area (Å²) in [6.07, 6.45) is 5.38. The largest absolute Gasteiger partial charge is 0.393 e. The quantitative estimate of drug-likeness (QED) is 0.833. The van der Waals surface area contributed by atoms with Crippen molar-refractivity contribution in [3.8, 4) is 0 Å². The van der Waals surface area contributed by atoms with Gasteiger partial charge >= 0.3 is 0 Å². The van der Waals surface area contributed by atoms with E-state index in [1.807, 2.05) is 6.92 Å². The fourth-order valence-corrected chi connectivity index (χ4v) is 2.34. The summed E-state index contributed by atoms with van der Waals surface area (Å²) in [5.41, 5.74) is 0.752. The molecule has 4 heteroatoms. The van der Waals surface area contributed by atoms with Crippen LogP contribution >= 0.6 is 0 Å². The van der Waals surface area contributed by atoms with E-state index in [1.165, 1.54) is 0 Å². The molecule has 4 nitrogen and oxygen atoms in total. The van der Waals surface area contributed by atoms with Crippen molar-refractivity contribution in [2.45, 2.75) is 45.3 Å². The van der Waals surface area contributed by atoms with E-state index in [0.29, 0.717) is 12.5 Å². The van der Waals surface area contributed by atoms with Crippen LogP contribution in [0.5, 0.6) is 0 Å². The molecule has 88 valence electrons. The Morgan fingerprint density at radius 1 is 1.56 bits per heavy atom. The number of aliphatic hydroxyl groups excluding tert-OH is 1. The molecule has 1 aromatic rings. The van der Waals surface area contributed by atoms with Crippen LogP contribution in [0, 0.1) is 12.8 Å². The van der Waals surface area contributed by atoms with E-state index in [0.717, 1.165) is 31.4 Å². The van der Waals surface area contributed by atoms with E-state index in [2.05, 4.69) is 4.98 Å². The lowest BCUT2D eigenvalue weighted by molar-refractivity contribution is 0.125. The summed E-state index contributed by atoms with van der Waals surface area (Å²) in [4.78, 5) is 15.7. The van der Waals surface area contributed by atoms with Crippen LogP contribution in [0.25, 0.3) is 0 Å². The van der Waals surface area contributed by atoms with Crippen molar-refractivity contribution in [2.24, 2.45) is 5.92 Å². The van der Waals surface area contributed by atoms with Gasteiger partial charge in [-0.05, 0) is 32.1 Å². The molecule has 16 heavy (non-hydrogen) atoms. The Morgan fingerprint density at radius 2 is 2.38 bits per heavy atom. The number of nitrogens with zero attached hydrogens (tertiary/aromatic N) is 2. The van der Waals surface area contributed by atoms with Crippen LogP contribution in [-0.4, -0.2) is 20.8 Å². The highest BCUT2D eigenvalue weighted by Crippen LogP contribution is 2.28. The topological polar surface area (TPSA) is 55.1 Å². The fourth-order valence-electron chi connectivity index (χ4n) is 2.34. The predicted molar refractivity (Wildman–Crippen MR) is 61.2 cm³/mol. The van der Waals surface area contributed by atoms with Gasteiger partial charge in [-0.25, -0.2) is 4.98 Å². The van der Waals surface area contributed by atoms with E-state index in [9.17, 15) is 9.90 Å². The average molecular weight is 222 g/mol. The van der Waals surface area contributed by atoms with Crippen LogP contribution in [0.4, 0.5) is 0 Å². The second kappa shape index (κ2) is 4.78. The van der Waals surface area contributed by atoms with Gasteiger partial charge in [-0.1, -0.05) is 6.42 Å². The van der Waals surface area contributed by atoms with E-state index >= 15 is 0 Å². The maximum atomic E-state index is 11.6. The second-order valence-electron chi connectivity index (χ2n) is 4.61. The van der Waals surface area contributed by atoms with Gasteiger partial charge in [0.2, 0.25) is 0 Å². The third-order valence-corrected chi connectivity index (χ3v) is 3.38. The minimum atomic E-state index is -0.172. The van der Waals surface area contributed by atoms with Crippen molar-refractivity contribution in [1.29, 1.82) is 0 Å². The average Bonchev–Trinajstić information content (AvgIpc) is 2.63. The molecule has 0 bridgehead atoms. The smallest absolute Gasteiger partial charge is 0.253 e. The van der Waals surface area contributed by atoms with Crippen molar-refractivity contribution in [3.05, 3.63) is 28.4 Å². The lowest BCUT2D eigenvalue weighted by Gasteiger charge is -2.14. The molecule has 0 spiro atoms. The zero-order valence-electron chi connectivity index (χ0n) is 9.59. The first-order chi connectivity index (χ1) is 7.66. The maximum absolute atomic E-state index is 11.6. The summed E-state index contributed by atoms with van der Waals surface area (Å²) in [5.74, 6) is 0.355. The Morgan fingerprint density at radius 3 is 3.00 bits per heavy atom. The molecule has 0 radical (unpaired) electrons. The summed E-state index contributed by atoms with van der Waals surface area (Å²) in [7, 11) is 0. The lowest BCUT2D eigenvalue weighted by Crippen LogP contribution is -2.23. The van der Waals surface area contributed by atoms with E-state index in [1.54, 1.807) is 17.0 Å². The Hall–Kier alpha value is -1.16. The molecule has 2 unspecified atom stereocenters. The molecular weight excluding hydrogens is 204 g/mol. The van der Waals surface area contributed by atoms with Gasteiger partial charge < -0.3 is 5.11 Å². The van der Waals surface area contributed by atoms with Crippen molar-refractivity contribution in [3.63, 3.8) is 0 Å². The molecule has 0 amide bonds. The van der Waals surface area contributed by atoms with Crippen LogP contribution in [-0.2, 0) is 6.54 Å². The molecule has 2 atom stereocenters. The number of aryl methyl sites for hydroxylation is 2. The molecule has 1 N–H and O–H groups in total. The monoisotopic (exact) mass is 222 g/mol. The highest BCUT2D eigenvalue weighted by molar-refractivity contribution is 4.96. The Labute approximate surface area is 95.0 Å². The number of hydrogen-bond donors (Lipinski definition) is 1. The van der Waals surface area contributed by atoms with Gasteiger partial charge in [0, 0.05) is 18.3 Å². The SMILES string of the molecule is Cc1cc(=O)n(CCC2CCCC2O)cn1. The molecule has 1 heterocycles. The lowest BCUT2D eigenvalue weighted by atomic mass is 10.0. The maximum Gasteiger partial charge on any atom is 0.253 e. The first kappa shape index (κ1) is 11.3. The van der Waals surface area contributed by atoms with E-state index < -0.39 is 0 Å². The van der Waals surface area contributed by atoms with Crippen LogP contribution in [0.15, 0.2) is 17.2 Å². The highest BCUT2D eigenvalue weighted by Gasteiger charge is 2.24. The van der Waals surface area contributed by atoms with Crippen LogP contribution in [0.3, 0.4) is 0 Å². The minimum Gasteiger partial charge on any atom is -0.393 e. The summed E-state index contributed by atoms with van der Waals surface area (Å²) in [6, 6.07) is 1.55. The summed E-state index contributed by atoms with van der Waals surface area (Å²) < 4.78 is 1.62. The minimum absolute atomic E-state index is 0.0000123. The Balaban J connectivity index is 1.97. The predicted octanol–water partition coefficient (Wildman–Crippen LogP) is 1.10. The summed E-state index contributed by atoms with van der Waals surface area (Å²) in [6.45, 7) is 2.47. The molecule has 1 aromatic heterocycles. The van der Waals surface area contributed by atoms with E-state index in [-0.39, 0.29) is 11.7 Å². The molecule has 0 saturated heterocycles. The molecule has 1 saturated carbocycles. The fraction of sp³-hybridized carbons (Fsp3) is 0.667. The molecular formula is C12H18N2O2. The van der Waals surface area contributed by atoms with Gasteiger partial charge in [-0.2, -0.15) is 0 Å². The highest BCUT2D eigenvalue weighted by atomic mass is 16.3. The molecule has 2 rings (SSSR count). The van der Waals surface area contributed by atoms with Crippen molar-refractivity contribution in [1.82, 2.24) is 9.55 Å². The summed E-state index contributed by atoms with van der Waals surface area (Å²) >= 11 is 0. The molecule has 1 fully saturated rings. The molecule has 1 aliphatic rings. The zero-order chi connectivity index (χ0) is 11.5. The van der Waals surface area contributed by atoms with Gasteiger partial charge in [-0.15, -0.1) is 0 Å². The van der Waals surface area contributed by atoms with Gasteiger partial charge in [0.05, 0.1) is 12.4 Å². The van der Waals surface area contributed by atoms with Gasteiger partial charge in [0.1, 0.15) is 0 Å². The molecule has 1 aliphatic carbocycles. The number of aromatic nitrogens is 2. The summed E-state index contributed by atoms with van der Waals surface area (Å²) in [5, 5.41) is 9.68. The first-order valence-electron chi connectivity index (χ1n) is 5.88. The normalized spacial score (nSPS) is 24.9. The Bertz CT molecular complexity index is 414. The van der Waals surface area contributed by atoms with Gasteiger partial charge in [-0.3, -0.25) is 9.36 Å². The Kier molecular flexibility index (Phi) is 3.39. The van der Waals surface area contributed by atoms with E-state index in [4.69, 9.17) is 0 Å². The van der Waals surface area contributed by atoms with Crippen molar-refractivity contribution in [2.75, 3.05) is 0 Å². The van der Waals surface area contributed by atoms with Crippen molar-refractivity contribution >= 4 is 0 Å². The van der Waals surface area contributed by atoms with Crippen LogP contribution < -0.4 is 5.56 Å². The third-order valence-electron chi connectivity index (χ3n) is 3.38. The van der Waals surface area contributed by atoms with Gasteiger partial charge in [0.15, 0.2) is 0 Å². The molecule has 0 aliphatic heterocycles.